The number of anilines is 1. The predicted octanol–water partition coefficient (Wildman–Crippen LogP) is 3.58. The van der Waals surface area contributed by atoms with Crippen molar-refractivity contribution in [3.8, 4) is 5.75 Å². The van der Waals surface area contributed by atoms with E-state index in [1.807, 2.05) is 23.7 Å². The lowest BCUT2D eigenvalue weighted by Crippen LogP contribution is -2.24. The highest BCUT2D eigenvalue weighted by molar-refractivity contribution is 7.09. The molecule has 1 N–H and O–H groups in total. The first-order valence-corrected chi connectivity index (χ1v) is 7.52. The Balaban J connectivity index is 1.66. The molecule has 1 fully saturated rings. The summed E-state index contributed by atoms with van der Waals surface area (Å²) >= 11 is 1.74. The number of benzene rings is 1. The molecule has 100 valence electrons. The minimum absolute atomic E-state index is 0.500. The van der Waals surface area contributed by atoms with E-state index in [4.69, 9.17) is 4.74 Å². The van der Waals surface area contributed by atoms with Crippen LogP contribution in [0, 0.1) is 5.92 Å². The molecule has 1 saturated carbocycles. The minimum Gasteiger partial charge on any atom is -0.497 e. The number of nitrogens with zero attached hydrogens (tertiary/aromatic N) is 1. The molecule has 0 radical (unpaired) electrons. The van der Waals surface area contributed by atoms with Crippen molar-refractivity contribution in [3.63, 3.8) is 0 Å². The number of nitrogens with one attached hydrogen (secondary N) is 1. The fourth-order valence-electron chi connectivity index (χ4n) is 2.28. The van der Waals surface area contributed by atoms with E-state index in [0.29, 0.717) is 6.04 Å². The predicted molar refractivity (Wildman–Crippen MR) is 78.9 cm³/mol. The van der Waals surface area contributed by atoms with Crippen LogP contribution in [0.2, 0.25) is 0 Å². The van der Waals surface area contributed by atoms with Gasteiger partial charge in [0.1, 0.15) is 5.75 Å². The maximum Gasteiger partial charge on any atom is 0.119 e. The third-order valence-corrected chi connectivity index (χ3v) is 4.31. The van der Waals surface area contributed by atoms with Gasteiger partial charge in [-0.2, -0.15) is 0 Å². The van der Waals surface area contributed by atoms with Crippen molar-refractivity contribution in [1.82, 2.24) is 4.98 Å². The molecule has 2 aromatic rings. The smallest absolute Gasteiger partial charge is 0.119 e. The highest BCUT2D eigenvalue weighted by atomic mass is 32.1. The molecule has 0 amide bonds. The zero-order chi connectivity index (χ0) is 13.1. The SMILES string of the molecule is COc1ccc(NC(Cc2nccs2)C2CC2)cc1. The van der Waals surface area contributed by atoms with E-state index in [9.17, 15) is 0 Å². The molecule has 1 atom stereocenters. The molecule has 3 nitrogen and oxygen atoms in total. The van der Waals surface area contributed by atoms with E-state index >= 15 is 0 Å². The second-order valence-corrected chi connectivity index (χ2v) is 5.93. The van der Waals surface area contributed by atoms with Crippen molar-refractivity contribution < 1.29 is 4.74 Å². The summed E-state index contributed by atoms with van der Waals surface area (Å²) in [7, 11) is 1.69. The van der Waals surface area contributed by atoms with E-state index in [1.165, 1.54) is 17.8 Å². The van der Waals surface area contributed by atoms with Crippen LogP contribution in [0.4, 0.5) is 5.69 Å². The molecule has 0 bridgehead atoms. The Kier molecular flexibility index (Phi) is 3.69. The lowest BCUT2D eigenvalue weighted by atomic mass is 10.1. The fraction of sp³-hybridized carbons (Fsp3) is 0.400. The number of ether oxygens (including phenoxy) is 1. The minimum atomic E-state index is 0.500. The highest BCUT2D eigenvalue weighted by Gasteiger charge is 2.31. The van der Waals surface area contributed by atoms with Gasteiger partial charge in [0, 0.05) is 29.7 Å². The first-order valence-electron chi connectivity index (χ1n) is 6.64. The van der Waals surface area contributed by atoms with Crippen molar-refractivity contribution in [2.45, 2.75) is 25.3 Å². The third-order valence-electron chi connectivity index (χ3n) is 3.51. The molecule has 1 aliphatic carbocycles. The van der Waals surface area contributed by atoms with Crippen LogP contribution in [0.3, 0.4) is 0 Å². The van der Waals surface area contributed by atoms with Gasteiger partial charge in [0.05, 0.1) is 12.1 Å². The number of methoxy groups -OCH3 is 1. The maximum atomic E-state index is 5.18. The Hall–Kier alpha value is -1.55. The highest BCUT2D eigenvalue weighted by Crippen LogP contribution is 2.36. The standard InChI is InChI=1S/C15H18N2OS/c1-18-13-6-4-12(5-7-13)17-14(11-2-3-11)10-15-16-8-9-19-15/h4-9,11,14,17H,2-3,10H2,1H3. The molecule has 1 aromatic heterocycles. The summed E-state index contributed by atoms with van der Waals surface area (Å²) in [5.74, 6) is 1.69. The van der Waals surface area contributed by atoms with E-state index in [1.54, 1.807) is 18.4 Å². The van der Waals surface area contributed by atoms with Crippen LogP contribution in [-0.4, -0.2) is 18.1 Å². The number of hydrogen-bond donors (Lipinski definition) is 1. The van der Waals surface area contributed by atoms with Gasteiger partial charge in [-0.25, -0.2) is 4.98 Å². The Bertz CT molecular complexity index is 505. The molecule has 1 heterocycles. The van der Waals surface area contributed by atoms with Crippen LogP contribution in [-0.2, 0) is 6.42 Å². The monoisotopic (exact) mass is 274 g/mol. The van der Waals surface area contributed by atoms with Gasteiger partial charge in [0.15, 0.2) is 0 Å². The molecule has 3 rings (SSSR count). The quantitative estimate of drug-likeness (QED) is 0.874. The van der Waals surface area contributed by atoms with E-state index in [2.05, 4.69) is 22.4 Å². The van der Waals surface area contributed by atoms with Crippen LogP contribution < -0.4 is 10.1 Å². The molecular formula is C15H18N2OS. The van der Waals surface area contributed by atoms with Crippen molar-refractivity contribution >= 4 is 17.0 Å². The van der Waals surface area contributed by atoms with Gasteiger partial charge in [0.2, 0.25) is 0 Å². The maximum absolute atomic E-state index is 5.18. The summed E-state index contributed by atoms with van der Waals surface area (Å²) in [6.45, 7) is 0. The topological polar surface area (TPSA) is 34.1 Å². The van der Waals surface area contributed by atoms with Gasteiger partial charge in [-0.15, -0.1) is 11.3 Å². The zero-order valence-corrected chi connectivity index (χ0v) is 11.8. The average Bonchev–Trinajstić information content (AvgIpc) is 3.17. The van der Waals surface area contributed by atoms with Crippen LogP contribution in [0.25, 0.3) is 0 Å². The largest absolute Gasteiger partial charge is 0.497 e. The molecule has 1 aromatic carbocycles. The molecule has 0 aliphatic heterocycles. The van der Waals surface area contributed by atoms with Gasteiger partial charge in [0.25, 0.3) is 0 Å². The van der Waals surface area contributed by atoms with Crippen molar-refractivity contribution in [2.75, 3.05) is 12.4 Å². The second kappa shape index (κ2) is 5.61. The van der Waals surface area contributed by atoms with Gasteiger partial charge in [-0.3, -0.25) is 0 Å². The van der Waals surface area contributed by atoms with Crippen molar-refractivity contribution in [2.24, 2.45) is 5.92 Å². The Morgan fingerprint density at radius 3 is 2.74 bits per heavy atom. The molecule has 19 heavy (non-hydrogen) atoms. The number of aromatic nitrogens is 1. The first kappa shape index (κ1) is 12.5. The van der Waals surface area contributed by atoms with Crippen molar-refractivity contribution in [3.05, 3.63) is 40.8 Å². The number of hydrogen-bond acceptors (Lipinski definition) is 4. The van der Waals surface area contributed by atoms with Gasteiger partial charge < -0.3 is 10.1 Å². The number of rotatable bonds is 6. The van der Waals surface area contributed by atoms with Crippen LogP contribution >= 0.6 is 11.3 Å². The van der Waals surface area contributed by atoms with Gasteiger partial charge in [-0.1, -0.05) is 0 Å². The van der Waals surface area contributed by atoms with E-state index in [-0.39, 0.29) is 0 Å². The van der Waals surface area contributed by atoms with E-state index in [0.717, 1.165) is 23.8 Å². The summed E-state index contributed by atoms with van der Waals surface area (Å²) in [6.07, 6.45) is 5.57. The Morgan fingerprint density at radius 2 is 2.16 bits per heavy atom. The summed E-state index contributed by atoms with van der Waals surface area (Å²) in [6, 6.07) is 8.65. The van der Waals surface area contributed by atoms with Gasteiger partial charge >= 0.3 is 0 Å². The number of thiazole rings is 1. The molecule has 0 spiro atoms. The van der Waals surface area contributed by atoms with Crippen LogP contribution in [0.15, 0.2) is 35.8 Å². The van der Waals surface area contributed by atoms with Crippen LogP contribution in [0.1, 0.15) is 17.8 Å². The summed E-state index contributed by atoms with van der Waals surface area (Å²) < 4.78 is 5.18. The van der Waals surface area contributed by atoms with Gasteiger partial charge in [-0.05, 0) is 43.0 Å². The first-order chi connectivity index (χ1) is 9.35. The normalized spacial score (nSPS) is 16.1. The summed E-state index contributed by atoms with van der Waals surface area (Å²) in [5, 5.41) is 6.91. The average molecular weight is 274 g/mol. The lowest BCUT2D eigenvalue weighted by molar-refractivity contribution is 0.415. The second-order valence-electron chi connectivity index (χ2n) is 4.95. The lowest BCUT2D eigenvalue weighted by Gasteiger charge is -2.18. The molecule has 0 saturated heterocycles. The van der Waals surface area contributed by atoms with E-state index < -0.39 is 0 Å². The summed E-state index contributed by atoms with van der Waals surface area (Å²) in [4.78, 5) is 4.39. The van der Waals surface area contributed by atoms with Crippen molar-refractivity contribution in [1.29, 1.82) is 0 Å². The molecular weight excluding hydrogens is 256 g/mol. The zero-order valence-electron chi connectivity index (χ0n) is 11.0. The Labute approximate surface area is 117 Å². The molecule has 4 heteroatoms. The third kappa shape index (κ3) is 3.26. The summed E-state index contributed by atoms with van der Waals surface area (Å²) in [5.41, 5.74) is 1.16. The molecule has 1 unspecified atom stereocenters. The molecule has 1 aliphatic rings. The van der Waals surface area contributed by atoms with Crippen LogP contribution in [0.5, 0.6) is 5.75 Å². The Morgan fingerprint density at radius 1 is 1.37 bits per heavy atom. The fourth-order valence-corrected chi connectivity index (χ4v) is 2.95.